The van der Waals surface area contributed by atoms with Gasteiger partial charge in [0.2, 0.25) is 0 Å². The number of nitrogens with zero attached hydrogens (tertiary/aromatic N) is 2. The number of Topliss-reactive ketones (excluding diaryl/α,β-unsaturated/α-hetero) is 2. The summed E-state index contributed by atoms with van der Waals surface area (Å²) in [5.74, 6) is -2.12. The third kappa shape index (κ3) is 14.6. The third-order valence-corrected chi connectivity index (χ3v) is 5.45. The predicted molar refractivity (Wildman–Crippen MR) is 156 cm³/mol. The van der Waals surface area contributed by atoms with Crippen LogP contribution in [0.4, 0.5) is 4.79 Å². The maximum Gasteiger partial charge on any atom is 0.425 e. The molecule has 0 amide bonds. The second kappa shape index (κ2) is 20.8. The number of ether oxygens (including phenoxy) is 2. The lowest BCUT2D eigenvalue weighted by Crippen LogP contribution is -2.33. The molecule has 1 aliphatic heterocycles. The summed E-state index contributed by atoms with van der Waals surface area (Å²) in [4.78, 5) is 54.2. The highest BCUT2D eigenvalue weighted by atomic mass is 32.1. The van der Waals surface area contributed by atoms with E-state index in [1.807, 2.05) is 20.8 Å². The molecule has 1 aromatic heterocycles. The number of carbonyl (C=O) groups excluding carboxylic acids is 4. The zero-order valence-corrected chi connectivity index (χ0v) is 25.7. The first kappa shape index (κ1) is 38.0. The third-order valence-electron chi connectivity index (χ3n) is 5.45. The fourth-order valence-corrected chi connectivity index (χ4v) is 3.45. The molecule has 1 N–H and O–H groups in total. The number of ketones is 2. The van der Waals surface area contributed by atoms with Crippen molar-refractivity contribution in [2.24, 2.45) is 17.8 Å². The van der Waals surface area contributed by atoms with E-state index in [4.69, 9.17) is 14.6 Å². The Morgan fingerprint density at radius 3 is 2.31 bits per heavy atom. The van der Waals surface area contributed by atoms with Crippen molar-refractivity contribution in [1.82, 2.24) is 9.55 Å². The van der Waals surface area contributed by atoms with Crippen LogP contribution in [0.5, 0.6) is 0 Å². The maximum atomic E-state index is 12.7. The van der Waals surface area contributed by atoms with Gasteiger partial charge in [-0.1, -0.05) is 46.9 Å². The van der Waals surface area contributed by atoms with Crippen LogP contribution in [-0.4, -0.2) is 50.6 Å². The Hall–Kier alpha value is -3.10. The molecule has 0 unspecified atom stereocenters. The minimum Gasteiger partial charge on any atom is -0.513 e. The molecule has 0 spiro atoms. The molecular weight excluding hydrogens is 520 g/mol. The molecule has 0 aliphatic carbocycles. The van der Waals surface area contributed by atoms with Crippen LogP contribution in [0, 0.1) is 17.8 Å². The summed E-state index contributed by atoms with van der Waals surface area (Å²) >= 11 is 3.53. The first-order chi connectivity index (χ1) is 18.4. The van der Waals surface area contributed by atoms with Crippen LogP contribution in [0.3, 0.4) is 0 Å². The number of rotatable bonds is 2. The highest BCUT2D eigenvalue weighted by Gasteiger charge is 2.32. The number of hydrogen-bond acceptors (Lipinski definition) is 9. The molecule has 1 aliphatic rings. The molecular formula is C29H46N2O7S. The Kier molecular flexibility index (Phi) is 20.3. The number of cyclic esters (lactones) is 1. The minimum absolute atomic E-state index is 0.0850. The maximum absolute atomic E-state index is 12.7. The number of aromatic nitrogens is 2. The molecule has 10 heteroatoms. The topological polar surface area (TPSA) is 125 Å². The van der Waals surface area contributed by atoms with Crippen LogP contribution in [0.2, 0.25) is 0 Å². The SMILES string of the molecule is C=C(C)O.CC.CC[C@H]1OC(=O)[C@H](C)C(=O)[C@H](C)C[C@@H](C)CCC(=O)C(C)=C=C1OC(=O)n1ccnc1.CS. The molecule has 0 fully saturated rings. The molecule has 9 nitrogen and oxygen atoms in total. The number of esters is 1. The fourth-order valence-electron chi connectivity index (χ4n) is 3.45. The summed E-state index contributed by atoms with van der Waals surface area (Å²) in [7, 11) is 0. The van der Waals surface area contributed by atoms with Crippen LogP contribution in [-0.2, 0) is 23.9 Å². The van der Waals surface area contributed by atoms with Crippen molar-refractivity contribution in [2.75, 3.05) is 6.26 Å². The molecule has 1 aromatic rings. The predicted octanol–water partition coefficient (Wildman–Crippen LogP) is 6.50. The highest BCUT2D eigenvalue weighted by Crippen LogP contribution is 2.24. The molecule has 220 valence electrons. The monoisotopic (exact) mass is 566 g/mol. The zero-order valence-electron chi connectivity index (χ0n) is 24.8. The molecule has 0 bridgehead atoms. The smallest absolute Gasteiger partial charge is 0.425 e. The fraction of sp³-hybridized carbons (Fsp3) is 0.586. The van der Waals surface area contributed by atoms with Gasteiger partial charge < -0.3 is 14.6 Å². The van der Waals surface area contributed by atoms with Gasteiger partial charge in [0.05, 0.1) is 5.76 Å². The lowest BCUT2D eigenvalue weighted by Gasteiger charge is -2.22. The number of allylic oxidation sites excluding steroid dienone is 1. The zero-order chi connectivity index (χ0) is 30.7. The Morgan fingerprint density at radius 1 is 1.26 bits per heavy atom. The van der Waals surface area contributed by atoms with E-state index < -0.39 is 24.1 Å². The molecule has 2 heterocycles. The van der Waals surface area contributed by atoms with Crippen molar-refractivity contribution >= 4 is 36.3 Å². The molecule has 0 saturated carbocycles. The molecule has 0 aromatic carbocycles. The Morgan fingerprint density at radius 2 is 1.82 bits per heavy atom. The summed E-state index contributed by atoms with van der Waals surface area (Å²) < 4.78 is 12.1. The van der Waals surface area contributed by atoms with Crippen molar-refractivity contribution in [1.29, 1.82) is 0 Å². The number of imidazole rings is 1. The van der Waals surface area contributed by atoms with E-state index >= 15 is 0 Å². The van der Waals surface area contributed by atoms with E-state index in [2.05, 4.69) is 29.9 Å². The van der Waals surface area contributed by atoms with Gasteiger partial charge >= 0.3 is 12.1 Å². The van der Waals surface area contributed by atoms with E-state index in [0.29, 0.717) is 12.8 Å². The van der Waals surface area contributed by atoms with Crippen LogP contribution < -0.4 is 0 Å². The van der Waals surface area contributed by atoms with Crippen molar-refractivity contribution < 1.29 is 33.8 Å². The van der Waals surface area contributed by atoms with Gasteiger partial charge in [-0.05, 0) is 52.2 Å². The van der Waals surface area contributed by atoms with Crippen molar-refractivity contribution in [2.45, 2.75) is 87.2 Å². The summed E-state index contributed by atoms with van der Waals surface area (Å²) in [6, 6.07) is 0. The Bertz CT molecular complexity index is 991. The van der Waals surface area contributed by atoms with Gasteiger partial charge in [-0.2, -0.15) is 12.6 Å². The van der Waals surface area contributed by atoms with E-state index in [1.54, 1.807) is 27.0 Å². The van der Waals surface area contributed by atoms with E-state index in [9.17, 15) is 19.2 Å². The highest BCUT2D eigenvalue weighted by molar-refractivity contribution is 7.79. The van der Waals surface area contributed by atoms with Gasteiger partial charge in [-0.15, -0.1) is 0 Å². The average molecular weight is 567 g/mol. The van der Waals surface area contributed by atoms with Crippen LogP contribution >= 0.6 is 12.6 Å². The van der Waals surface area contributed by atoms with Crippen molar-refractivity contribution in [3.63, 3.8) is 0 Å². The van der Waals surface area contributed by atoms with Gasteiger partial charge in [0.15, 0.2) is 17.6 Å². The van der Waals surface area contributed by atoms with Gasteiger partial charge in [-0.25, -0.2) is 14.3 Å². The number of thiol groups is 1. The van der Waals surface area contributed by atoms with Gasteiger partial charge in [0.1, 0.15) is 18.0 Å². The quantitative estimate of drug-likeness (QED) is 0.137. The molecule has 0 radical (unpaired) electrons. The Balaban J connectivity index is 0. The average Bonchev–Trinajstić information content (AvgIpc) is 3.45. The largest absolute Gasteiger partial charge is 0.513 e. The summed E-state index contributed by atoms with van der Waals surface area (Å²) in [5, 5.41) is 7.86. The van der Waals surface area contributed by atoms with Crippen molar-refractivity contribution in [3.8, 4) is 0 Å². The number of aliphatic hydroxyl groups is 1. The summed E-state index contributed by atoms with van der Waals surface area (Å²) in [5.41, 5.74) is 3.11. The lowest BCUT2D eigenvalue weighted by atomic mass is 9.86. The number of carbonyl (C=O) groups is 4. The van der Waals surface area contributed by atoms with E-state index in [-0.39, 0.29) is 53.3 Å². The van der Waals surface area contributed by atoms with E-state index in [1.165, 1.54) is 32.6 Å². The summed E-state index contributed by atoms with van der Waals surface area (Å²) in [6.07, 6.45) is 5.78. The van der Waals surface area contributed by atoms with Gasteiger partial charge in [0, 0.05) is 30.3 Å². The molecule has 4 atom stereocenters. The number of aliphatic hydroxyl groups excluding tert-OH is 1. The van der Waals surface area contributed by atoms with Crippen LogP contribution in [0.1, 0.15) is 81.1 Å². The standard InChI is InChI=1S/C23H30N2O6.C3H6O.C2H6.CH4S/c1-6-19-20(31-23(29)25-10-9-24-13-25)12-15(3)18(26)8-7-14(2)11-16(4)21(27)17(5)22(28)30-19;1-3(2)4;2*1-2/h9-10,13-14,16-17,19H,6-8,11H2,1-5H3;4H,1H2,2H3;1-2H3;2H,1H3/t12?,14-,16+,17+,19+;;;/m0.../s1. The first-order valence-electron chi connectivity index (χ1n) is 13.1. The normalized spacial score (nSPS) is 21.9. The van der Waals surface area contributed by atoms with E-state index in [0.717, 1.165) is 4.57 Å². The Labute approximate surface area is 238 Å². The van der Waals surface area contributed by atoms with Gasteiger partial charge in [0.25, 0.3) is 0 Å². The molecule has 39 heavy (non-hydrogen) atoms. The minimum atomic E-state index is -0.977. The first-order valence-corrected chi connectivity index (χ1v) is 14.0. The van der Waals surface area contributed by atoms with Crippen molar-refractivity contribution in [3.05, 3.63) is 48.1 Å². The second-order valence-corrected chi connectivity index (χ2v) is 8.85. The van der Waals surface area contributed by atoms with Crippen LogP contribution in [0.15, 0.2) is 48.1 Å². The molecule has 2 rings (SSSR count). The van der Waals surface area contributed by atoms with Crippen LogP contribution in [0.25, 0.3) is 0 Å². The number of hydrogen-bond donors (Lipinski definition) is 2. The lowest BCUT2D eigenvalue weighted by molar-refractivity contribution is -0.156. The second-order valence-electron chi connectivity index (χ2n) is 8.85. The van der Waals surface area contributed by atoms with Gasteiger partial charge in [-0.3, -0.25) is 14.4 Å². The molecule has 0 saturated heterocycles. The summed E-state index contributed by atoms with van der Waals surface area (Å²) in [6.45, 7) is 17.3.